The first-order valence-electron chi connectivity index (χ1n) is 9.15. The van der Waals surface area contributed by atoms with Gasteiger partial charge in [-0.3, -0.25) is 0 Å². The molecule has 2 atom stereocenters. The van der Waals surface area contributed by atoms with E-state index >= 15 is 0 Å². The lowest BCUT2D eigenvalue weighted by atomic mass is 9.53. The van der Waals surface area contributed by atoms with Crippen molar-refractivity contribution in [1.29, 1.82) is 0 Å². The molecule has 3 heteroatoms. The molecule has 1 N–H and O–H groups in total. The van der Waals surface area contributed by atoms with Crippen LogP contribution in [0.4, 0.5) is 4.79 Å². The maximum absolute atomic E-state index is 12.9. The van der Waals surface area contributed by atoms with E-state index in [1.807, 2.05) is 0 Å². The van der Waals surface area contributed by atoms with Crippen molar-refractivity contribution in [3.63, 3.8) is 0 Å². The second-order valence-electron chi connectivity index (χ2n) is 8.66. The molecule has 0 aromatic heterocycles. The molecule has 1 saturated heterocycles. The van der Waals surface area contributed by atoms with Gasteiger partial charge in [-0.2, -0.15) is 0 Å². The third-order valence-electron chi connectivity index (χ3n) is 6.84. The first kappa shape index (κ1) is 13.9. The summed E-state index contributed by atoms with van der Waals surface area (Å²) in [4.78, 5) is 15.1. The van der Waals surface area contributed by atoms with E-state index in [-0.39, 0.29) is 11.6 Å². The molecule has 118 valence electrons. The Morgan fingerprint density at radius 3 is 1.90 bits per heavy atom. The van der Waals surface area contributed by atoms with Crippen molar-refractivity contribution in [2.45, 2.75) is 89.3 Å². The Labute approximate surface area is 128 Å². The number of likely N-dealkylation sites (tertiary alicyclic amines) is 1. The van der Waals surface area contributed by atoms with Crippen molar-refractivity contribution >= 4 is 6.03 Å². The Balaban J connectivity index is 1.49. The molecule has 4 saturated carbocycles. The van der Waals surface area contributed by atoms with Crippen molar-refractivity contribution in [2.75, 3.05) is 0 Å². The number of urea groups is 1. The largest absolute Gasteiger partial charge is 0.333 e. The molecule has 3 nitrogen and oxygen atoms in total. The van der Waals surface area contributed by atoms with Gasteiger partial charge in [0.1, 0.15) is 0 Å². The highest BCUT2D eigenvalue weighted by Crippen LogP contribution is 2.55. The summed E-state index contributed by atoms with van der Waals surface area (Å²) in [7, 11) is 0. The smallest absolute Gasteiger partial charge is 0.318 e. The quantitative estimate of drug-likeness (QED) is 0.780. The number of nitrogens with zero attached hydrogens (tertiary/aromatic N) is 1. The minimum atomic E-state index is 0.155. The molecular formula is C18H30N2O. The highest BCUT2D eigenvalue weighted by molar-refractivity contribution is 5.76. The third kappa shape index (κ3) is 2.37. The van der Waals surface area contributed by atoms with Crippen LogP contribution >= 0.6 is 0 Å². The third-order valence-corrected chi connectivity index (χ3v) is 6.84. The van der Waals surface area contributed by atoms with Crippen LogP contribution in [0.2, 0.25) is 0 Å². The van der Waals surface area contributed by atoms with Gasteiger partial charge in [-0.25, -0.2) is 4.79 Å². The topological polar surface area (TPSA) is 32.3 Å². The fraction of sp³-hybridized carbons (Fsp3) is 0.944. The predicted octanol–water partition coefficient (Wildman–Crippen LogP) is 3.93. The van der Waals surface area contributed by atoms with E-state index in [0.717, 1.165) is 17.8 Å². The average molecular weight is 290 g/mol. The van der Waals surface area contributed by atoms with Gasteiger partial charge in [0, 0.05) is 17.6 Å². The Morgan fingerprint density at radius 2 is 1.43 bits per heavy atom. The number of piperidine rings is 1. The van der Waals surface area contributed by atoms with Crippen molar-refractivity contribution in [1.82, 2.24) is 10.2 Å². The molecule has 2 unspecified atom stereocenters. The molecule has 5 aliphatic rings. The van der Waals surface area contributed by atoms with Gasteiger partial charge in [-0.05, 0) is 89.4 Å². The van der Waals surface area contributed by atoms with Crippen LogP contribution in [-0.2, 0) is 0 Å². The van der Waals surface area contributed by atoms with Crippen LogP contribution in [-0.4, -0.2) is 28.6 Å². The Bertz CT molecular complexity index is 388. The highest BCUT2D eigenvalue weighted by Gasteiger charge is 2.52. The zero-order valence-electron chi connectivity index (χ0n) is 13.6. The van der Waals surface area contributed by atoms with E-state index < -0.39 is 0 Å². The lowest BCUT2D eigenvalue weighted by Gasteiger charge is -2.57. The maximum atomic E-state index is 12.9. The summed E-state index contributed by atoms with van der Waals surface area (Å²) < 4.78 is 0. The minimum absolute atomic E-state index is 0.155. The number of nitrogens with one attached hydrogen (secondary N) is 1. The van der Waals surface area contributed by atoms with Crippen molar-refractivity contribution in [3.8, 4) is 0 Å². The summed E-state index contributed by atoms with van der Waals surface area (Å²) in [5, 5.41) is 3.54. The van der Waals surface area contributed by atoms with Crippen LogP contribution in [0.1, 0.15) is 71.6 Å². The normalized spacial score (nSPS) is 48.5. The zero-order chi connectivity index (χ0) is 14.6. The fourth-order valence-corrected chi connectivity index (χ4v) is 6.38. The van der Waals surface area contributed by atoms with E-state index in [4.69, 9.17) is 0 Å². The molecule has 0 spiro atoms. The van der Waals surface area contributed by atoms with Crippen LogP contribution < -0.4 is 5.32 Å². The molecule has 5 fully saturated rings. The molecule has 1 heterocycles. The first-order chi connectivity index (χ1) is 10.0. The maximum Gasteiger partial charge on any atom is 0.318 e. The van der Waals surface area contributed by atoms with Gasteiger partial charge in [-0.15, -0.1) is 0 Å². The van der Waals surface area contributed by atoms with E-state index in [2.05, 4.69) is 24.1 Å². The van der Waals surface area contributed by atoms with Gasteiger partial charge in [0.15, 0.2) is 0 Å². The summed E-state index contributed by atoms with van der Waals surface area (Å²) in [6.45, 7) is 4.43. The number of hydrogen-bond donors (Lipinski definition) is 1. The van der Waals surface area contributed by atoms with Gasteiger partial charge in [0.05, 0.1) is 0 Å². The van der Waals surface area contributed by atoms with E-state index in [9.17, 15) is 4.79 Å². The molecule has 0 aromatic carbocycles. The molecule has 5 rings (SSSR count). The van der Waals surface area contributed by atoms with Gasteiger partial charge in [0.2, 0.25) is 0 Å². The highest BCUT2D eigenvalue weighted by atomic mass is 16.2. The van der Waals surface area contributed by atoms with Crippen molar-refractivity contribution in [2.24, 2.45) is 17.8 Å². The molecular weight excluding hydrogens is 260 g/mol. The zero-order valence-corrected chi connectivity index (χ0v) is 13.6. The summed E-state index contributed by atoms with van der Waals surface area (Å²) in [5.74, 6) is 2.69. The number of rotatable bonds is 1. The molecule has 0 aromatic rings. The van der Waals surface area contributed by atoms with E-state index in [1.165, 1.54) is 57.8 Å². The van der Waals surface area contributed by atoms with Crippen LogP contribution in [0.15, 0.2) is 0 Å². The summed E-state index contributed by atoms with van der Waals surface area (Å²) in [6, 6.07) is 1.04. The number of carbonyl (C=O) groups is 1. The molecule has 21 heavy (non-hydrogen) atoms. The summed E-state index contributed by atoms with van der Waals surface area (Å²) in [5.41, 5.74) is 0.155. The van der Waals surface area contributed by atoms with Gasteiger partial charge in [0.25, 0.3) is 0 Å². The van der Waals surface area contributed by atoms with Gasteiger partial charge >= 0.3 is 6.03 Å². The van der Waals surface area contributed by atoms with Gasteiger partial charge in [-0.1, -0.05) is 0 Å². The second kappa shape index (κ2) is 4.89. The van der Waals surface area contributed by atoms with Crippen LogP contribution in [0.5, 0.6) is 0 Å². The Kier molecular flexibility index (Phi) is 3.24. The number of carbonyl (C=O) groups excluding carboxylic acids is 1. The van der Waals surface area contributed by atoms with Gasteiger partial charge < -0.3 is 10.2 Å². The molecule has 4 bridgehead atoms. The van der Waals surface area contributed by atoms with E-state index in [1.54, 1.807) is 0 Å². The number of amides is 2. The Hall–Kier alpha value is -0.730. The second-order valence-corrected chi connectivity index (χ2v) is 8.66. The molecule has 1 aliphatic heterocycles. The SMILES string of the molecule is CC1CCCC(C)N1C(=O)NC12CC3CC(CC(C3)C1)C2. The average Bonchev–Trinajstić information content (AvgIpc) is 2.35. The molecule has 0 radical (unpaired) electrons. The Morgan fingerprint density at radius 1 is 0.952 bits per heavy atom. The molecule has 2 amide bonds. The van der Waals surface area contributed by atoms with Crippen LogP contribution in [0.3, 0.4) is 0 Å². The first-order valence-corrected chi connectivity index (χ1v) is 9.15. The standard InChI is InChI=1S/C18H30N2O/c1-12-4-3-5-13(2)20(12)17(21)19-18-9-14-6-15(10-18)8-16(7-14)11-18/h12-16H,3-11H2,1-2H3,(H,19,21). The van der Waals surface area contributed by atoms with Crippen molar-refractivity contribution in [3.05, 3.63) is 0 Å². The fourth-order valence-electron chi connectivity index (χ4n) is 6.38. The molecule has 4 aliphatic carbocycles. The van der Waals surface area contributed by atoms with Crippen molar-refractivity contribution < 1.29 is 4.79 Å². The van der Waals surface area contributed by atoms with Crippen LogP contribution in [0, 0.1) is 17.8 Å². The van der Waals surface area contributed by atoms with E-state index in [0.29, 0.717) is 12.1 Å². The predicted molar refractivity (Wildman–Crippen MR) is 84.0 cm³/mol. The lowest BCUT2D eigenvalue weighted by Crippen LogP contribution is -2.63. The minimum Gasteiger partial charge on any atom is -0.333 e. The summed E-state index contributed by atoms with van der Waals surface area (Å²) in [6.07, 6.45) is 11.7. The van der Waals surface area contributed by atoms with Crippen LogP contribution in [0.25, 0.3) is 0 Å². The summed E-state index contributed by atoms with van der Waals surface area (Å²) >= 11 is 0. The lowest BCUT2D eigenvalue weighted by molar-refractivity contribution is -0.0180. The monoisotopic (exact) mass is 290 g/mol. The number of hydrogen-bond acceptors (Lipinski definition) is 1.